The molecule has 0 atom stereocenters. The number of ether oxygens (including phenoxy) is 1. The van der Waals surface area contributed by atoms with Crippen LogP contribution in [0.15, 0.2) is 18.2 Å². The van der Waals surface area contributed by atoms with E-state index in [1.54, 1.807) is 18.2 Å². The maximum Gasteiger partial charge on any atom is 0.250 e. The highest BCUT2D eigenvalue weighted by Gasteiger charge is 2.09. The summed E-state index contributed by atoms with van der Waals surface area (Å²) >= 11 is 11.8. The van der Waals surface area contributed by atoms with Gasteiger partial charge in [-0.2, -0.15) is 0 Å². The summed E-state index contributed by atoms with van der Waals surface area (Å²) in [6, 6.07) is 4.93. The average Bonchev–Trinajstić information content (AvgIpc) is 2.43. The lowest BCUT2D eigenvalue weighted by molar-refractivity contribution is -0.128. The van der Waals surface area contributed by atoms with Crippen molar-refractivity contribution in [2.45, 2.75) is 20.3 Å². The van der Waals surface area contributed by atoms with E-state index in [2.05, 4.69) is 24.5 Å². The highest BCUT2D eigenvalue weighted by molar-refractivity contribution is 6.43. The molecular weight excluding hydrogens is 327 g/mol. The van der Waals surface area contributed by atoms with Gasteiger partial charge in [0.05, 0.1) is 15.7 Å². The molecule has 0 spiro atoms. The van der Waals surface area contributed by atoms with E-state index in [-0.39, 0.29) is 24.1 Å². The molecule has 0 aliphatic carbocycles. The number of anilines is 1. The van der Waals surface area contributed by atoms with Gasteiger partial charge in [-0.3, -0.25) is 9.59 Å². The summed E-state index contributed by atoms with van der Waals surface area (Å²) in [6.07, 6.45) is 0.902. The van der Waals surface area contributed by atoms with E-state index in [0.717, 1.165) is 6.42 Å². The minimum Gasteiger partial charge on any atom is -0.362 e. The second-order valence-electron chi connectivity index (χ2n) is 5.17. The predicted octanol–water partition coefficient (Wildman–Crippen LogP) is 3.11. The third-order valence-electron chi connectivity index (χ3n) is 2.74. The third kappa shape index (κ3) is 7.11. The SMILES string of the molecule is CC(C)CCNC(=O)COCC(=O)Nc1cccc(Cl)c1Cl. The Balaban J connectivity index is 2.26. The highest BCUT2D eigenvalue weighted by Crippen LogP contribution is 2.29. The average molecular weight is 347 g/mol. The van der Waals surface area contributed by atoms with Crippen LogP contribution in [0.3, 0.4) is 0 Å². The minimum absolute atomic E-state index is 0.158. The molecule has 0 radical (unpaired) electrons. The van der Waals surface area contributed by atoms with E-state index in [1.165, 1.54) is 0 Å². The van der Waals surface area contributed by atoms with Crippen molar-refractivity contribution in [1.82, 2.24) is 5.32 Å². The Morgan fingerprint density at radius 1 is 1.18 bits per heavy atom. The molecule has 0 aromatic heterocycles. The lowest BCUT2D eigenvalue weighted by atomic mass is 10.1. The smallest absolute Gasteiger partial charge is 0.250 e. The van der Waals surface area contributed by atoms with E-state index in [9.17, 15) is 9.59 Å². The van der Waals surface area contributed by atoms with Crippen LogP contribution < -0.4 is 10.6 Å². The zero-order valence-corrected chi connectivity index (χ0v) is 14.1. The predicted molar refractivity (Wildman–Crippen MR) is 88.4 cm³/mol. The molecule has 1 rings (SSSR count). The van der Waals surface area contributed by atoms with Crippen LogP contribution in [0.25, 0.3) is 0 Å². The van der Waals surface area contributed by atoms with E-state index >= 15 is 0 Å². The van der Waals surface area contributed by atoms with Crippen LogP contribution in [0.2, 0.25) is 10.0 Å². The van der Waals surface area contributed by atoms with Gasteiger partial charge in [0.15, 0.2) is 0 Å². The maximum absolute atomic E-state index is 11.7. The number of halogens is 2. The van der Waals surface area contributed by atoms with Crippen LogP contribution in [-0.4, -0.2) is 31.6 Å². The first-order valence-corrected chi connectivity index (χ1v) is 7.74. The zero-order chi connectivity index (χ0) is 16.5. The van der Waals surface area contributed by atoms with Crippen molar-refractivity contribution in [2.24, 2.45) is 5.92 Å². The number of amides is 2. The molecule has 0 aliphatic rings. The highest BCUT2D eigenvalue weighted by atomic mass is 35.5. The minimum atomic E-state index is -0.404. The molecular formula is C15H20Cl2N2O3. The number of carbonyl (C=O) groups is 2. The Morgan fingerprint density at radius 2 is 1.86 bits per heavy atom. The number of benzene rings is 1. The Kier molecular flexibility index (Phi) is 8.24. The van der Waals surface area contributed by atoms with Crippen LogP contribution in [-0.2, 0) is 14.3 Å². The molecule has 0 aliphatic heterocycles. The van der Waals surface area contributed by atoms with E-state index < -0.39 is 5.91 Å². The molecule has 1 aromatic carbocycles. The summed E-state index contributed by atoms with van der Waals surface area (Å²) in [6.45, 7) is 4.36. The van der Waals surface area contributed by atoms with Gasteiger partial charge in [-0.1, -0.05) is 43.1 Å². The van der Waals surface area contributed by atoms with Gasteiger partial charge in [0.25, 0.3) is 0 Å². The standard InChI is InChI=1S/C15H20Cl2N2O3/c1-10(2)6-7-18-13(20)8-22-9-14(21)19-12-5-3-4-11(16)15(12)17/h3-5,10H,6-9H2,1-2H3,(H,18,20)(H,19,21). The topological polar surface area (TPSA) is 67.4 Å². The molecule has 7 heteroatoms. The van der Waals surface area contributed by atoms with Crippen molar-refractivity contribution < 1.29 is 14.3 Å². The third-order valence-corrected chi connectivity index (χ3v) is 3.55. The zero-order valence-electron chi connectivity index (χ0n) is 12.6. The van der Waals surface area contributed by atoms with Crippen LogP contribution in [0, 0.1) is 5.92 Å². The lowest BCUT2D eigenvalue weighted by Gasteiger charge is -2.09. The van der Waals surface area contributed by atoms with E-state index in [4.69, 9.17) is 27.9 Å². The fraction of sp³-hybridized carbons (Fsp3) is 0.467. The molecule has 2 amide bonds. The molecule has 0 saturated carbocycles. The molecule has 0 saturated heterocycles. The maximum atomic E-state index is 11.7. The van der Waals surface area contributed by atoms with Gasteiger partial charge in [-0.15, -0.1) is 0 Å². The van der Waals surface area contributed by atoms with Crippen LogP contribution in [0.1, 0.15) is 20.3 Å². The summed E-state index contributed by atoms with van der Waals surface area (Å²) in [5, 5.41) is 5.91. The van der Waals surface area contributed by atoms with Crippen LogP contribution >= 0.6 is 23.2 Å². The Bertz CT molecular complexity index is 522. The van der Waals surface area contributed by atoms with Crippen molar-refractivity contribution in [3.05, 3.63) is 28.2 Å². The van der Waals surface area contributed by atoms with E-state index in [0.29, 0.717) is 23.2 Å². The largest absolute Gasteiger partial charge is 0.362 e. The normalized spacial score (nSPS) is 10.6. The fourth-order valence-corrected chi connectivity index (χ4v) is 1.92. The quantitative estimate of drug-likeness (QED) is 0.759. The van der Waals surface area contributed by atoms with Crippen LogP contribution in [0.5, 0.6) is 0 Å². The summed E-state index contributed by atoms with van der Waals surface area (Å²) < 4.78 is 5.06. The number of carbonyl (C=O) groups excluding carboxylic acids is 2. The summed E-state index contributed by atoms with van der Waals surface area (Å²) in [5.74, 6) is -0.122. The van der Waals surface area contributed by atoms with Gasteiger partial charge in [0.2, 0.25) is 11.8 Å². The van der Waals surface area contributed by atoms with Gasteiger partial charge < -0.3 is 15.4 Å². The molecule has 0 heterocycles. The van der Waals surface area contributed by atoms with Crippen molar-refractivity contribution in [1.29, 1.82) is 0 Å². The summed E-state index contributed by atoms with van der Waals surface area (Å²) in [4.78, 5) is 23.1. The van der Waals surface area contributed by atoms with Crippen molar-refractivity contribution in [3.8, 4) is 0 Å². The molecule has 0 fully saturated rings. The van der Waals surface area contributed by atoms with Gasteiger partial charge in [-0.25, -0.2) is 0 Å². The van der Waals surface area contributed by atoms with Gasteiger partial charge >= 0.3 is 0 Å². The molecule has 2 N–H and O–H groups in total. The van der Waals surface area contributed by atoms with Crippen LogP contribution in [0.4, 0.5) is 5.69 Å². The molecule has 1 aromatic rings. The van der Waals surface area contributed by atoms with Gasteiger partial charge in [-0.05, 0) is 24.5 Å². The Labute approximate surface area is 140 Å². The lowest BCUT2D eigenvalue weighted by Crippen LogP contribution is -2.30. The number of hydrogen-bond acceptors (Lipinski definition) is 3. The first kappa shape index (κ1) is 18.7. The molecule has 22 heavy (non-hydrogen) atoms. The van der Waals surface area contributed by atoms with Gasteiger partial charge in [0.1, 0.15) is 13.2 Å². The summed E-state index contributed by atoms with van der Waals surface area (Å²) in [5.41, 5.74) is 0.407. The number of nitrogens with one attached hydrogen (secondary N) is 2. The van der Waals surface area contributed by atoms with Crippen molar-refractivity contribution in [2.75, 3.05) is 25.1 Å². The molecule has 0 unspecified atom stereocenters. The van der Waals surface area contributed by atoms with Gasteiger partial charge in [0, 0.05) is 6.54 Å². The molecule has 5 nitrogen and oxygen atoms in total. The monoisotopic (exact) mass is 346 g/mol. The molecule has 0 bridgehead atoms. The number of hydrogen-bond donors (Lipinski definition) is 2. The first-order valence-electron chi connectivity index (χ1n) is 6.98. The van der Waals surface area contributed by atoms with Crippen molar-refractivity contribution >= 4 is 40.7 Å². The fourth-order valence-electron chi connectivity index (χ4n) is 1.57. The summed E-state index contributed by atoms with van der Waals surface area (Å²) in [7, 11) is 0. The van der Waals surface area contributed by atoms with E-state index in [1.807, 2.05) is 0 Å². The first-order chi connectivity index (χ1) is 10.4. The number of rotatable bonds is 8. The Morgan fingerprint density at radius 3 is 2.55 bits per heavy atom. The second kappa shape index (κ2) is 9.66. The second-order valence-corrected chi connectivity index (χ2v) is 5.96. The molecule has 122 valence electrons. The van der Waals surface area contributed by atoms with Crippen molar-refractivity contribution in [3.63, 3.8) is 0 Å². The Hall–Kier alpha value is -1.30.